The monoisotopic (exact) mass is 278 g/mol. The van der Waals surface area contributed by atoms with Crippen LogP contribution in [0.1, 0.15) is 24.8 Å². The average molecular weight is 279 g/mol. The molecular formula is C14H15ClN2O2. The number of aliphatic carboxylic acids is 1. The lowest BCUT2D eigenvalue weighted by Gasteiger charge is -2.20. The van der Waals surface area contributed by atoms with Gasteiger partial charge in [-0.2, -0.15) is 5.26 Å². The van der Waals surface area contributed by atoms with Crippen molar-refractivity contribution in [1.82, 2.24) is 0 Å². The van der Waals surface area contributed by atoms with Gasteiger partial charge in [0.15, 0.2) is 0 Å². The molecule has 1 aliphatic heterocycles. The molecule has 1 aliphatic rings. The summed E-state index contributed by atoms with van der Waals surface area (Å²) in [5.74, 6) is -0.360. The minimum atomic E-state index is -0.748. The summed E-state index contributed by atoms with van der Waals surface area (Å²) in [5, 5.41) is 18.4. The summed E-state index contributed by atoms with van der Waals surface area (Å²) in [6, 6.07) is 7.47. The summed E-state index contributed by atoms with van der Waals surface area (Å²) in [6.07, 6.45) is 1.88. The first-order chi connectivity index (χ1) is 9.10. The molecule has 1 atom stereocenters. The highest BCUT2D eigenvalue weighted by molar-refractivity contribution is 6.30. The van der Waals surface area contributed by atoms with Gasteiger partial charge in [-0.1, -0.05) is 11.6 Å². The largest absolute Gasteiger partial charge is 0.481 e. The lowest BCUT2D eigenvalue weighted by atomic mass is 10.0. The molecule has 5 heteroatoms. The van der Waals surface area contributed by atoms with E-state index in [1.165, 1.54) is 0 Å². The number of hydrogen-bond acceptors (Lipinski definition) is 3. The Hall–Kier alpha value is -1.73. The maximum Gasteiger partial charge on any atom is 0.303 e. The quantitative estimate of drug-likeness (QED) is 0.920. The van der Waals surface area contributed by atoms with Crippen molar-refractivity contribution in [2.75, 3.05) is 18.0 Å². The van der Waals surface area contributed by atoms with Crippen molar-refractivity contribution >= 4 is 23.3 Å². The molecule has 0 radical (unpaired) electrons. The summed E-state index contributed by atoms with van der Waals surface area (Å²) in [6.45, 7) is 1.67. The fourth-order valence-electron chi connectivity index (χ4n) is 2.49. The molecule has 1 fully saturated rings. The SMILES string of the molecule is N#Cc1cc(Cl)ccc1N1CCC(CCC(=O)O)C1. The lowest BCUT2D eigenvalue weighted by molar-refractivity contribution is -0.137. The number of anilines is 1. The molecular weight excluding hydrogens is 264 g/mol. The van der Waals surface area contributed by atoms with E-state index in [2.05, 4.69) is 11.0 Å². The molecule has 0 bridgehead atoms. The van der Waals surface area contributed by atoms with Gasteiger partial charge in [0.05, 0.1) is 11.3 Å². The van der Waals surface area contributed by atoms with Crippen LogP contribution >= 0.6 is 11.6 Å². The highest BCUT2D eigenvalue weighted by atomic mass is 35.5. The minimum absolute atomic E-state index is 0.213. The standard InChI is InChI=1S/C14H15ClN2O2/c15-12-2-3-13(11(7-12)8-16)17-6-5-10(9-17)1-4-14(18)19/h2-3,7,10H,1,4-6,9H2,(H,18,19). The van der Waals surface area contributed by atoms with Crippen LogP contribution in [0, 0.1) is 17.2 Å². The third-order valence-corrected chi connectivity index (χ3v) is 3.71. The summed E-state index contributed by atoms with van der Waals surface area (Å²) >= 11 is 5.88. The Morgan fingerprint density at radius 2 is 2.37 bits per heavy atom. The minimum Gasteiger partial charge on any atom is -0.481 e. The number of carboxylic acid groups (broad SMARTS) is 1. The van der Waals surface area contributed by atoms with Gasteiger partial charge in [-0.15, -0.1) is 0 Å². The fourth-order valence-corrected chi connectivity index (χ4v) is 2.66. The molecule has 1 N–H and O–H groups in total. The molecule has 2 rings (SSSR count). The smallest absolute Gasteiger partial charge is 0.303 e. The summed E-state index contributed by atoms with van der Waals surface area (Å²) < 4.78 is 0. The summed E-state index contributed by atoms with van der Waals surface area (Å²) in [5.41, 5.74) is 1.47. The highest BCUT2D eigenvalue weighted by Gasteiger charge is 2.24. The van der Waals surface area contributed by atoms with Crippen LogP contribution < -0.4 is 4.90 Å². The van der Waals surface area contributed by atoms with Crippen molar-refractivity contribution in [2.45, 2.75) is 19.3 Å². The van der Waals surface area contributed by atoms with Crippen LogP contribution in [0.3, 0.4) is 0 Å². The Balaban J connectivity index is 2.05. The summed E-state index contributed by atoms with van der Waals surface area (Å²) in [7, 11) is 0. The molecule has 1 saturated heterocycles. The maximum atomic E-state index is 10.6. The predicted octanol–water partition coefficient (Wildman–Crippen LogP) is 2.90. The second kappa shape index (κ2) is 5.94. The van der Waals surface area contributed by atoms with Crippen LogP contribution in [0.25, 0.3) is 0 Å². The van der Waals surface area contributed by atoms with Crippen LogP contribution in [0.5, 0.6) is 0 Å². The number of rotatable bonds is 4. The first kappa shape index (κ1) is 13.7. The van der Waals surface area contributed by atoms with E-state index in [1.54, 1.807) is 12.1 Å². The van der Waals surface area contributed by atoms with Crippen molar-refractivity contribution < 1.29 is 9.90 Å². The Morgan fingerprint density at radius 1 is 1.58 bits per heavy atom. The molecule has 0 aromatic heterocycles. The van der Waals surface area contributed by atoms with E-state index >= 15 is 0 Å². The number of hydrogen-bond donors (Lipinski definition) is 1. The molecule has 4 nitrogen and oxygen atoms in total. The van der Waals surface area contributed by atoms with Crippen LogP contribution in [0.2, 0.25) is 5.02 Å². The molecule has 0 aliphatic carbocycles. The molecule has 1 aromatic rings. The van der Waals surface area contributed by atoms with E-state index in [-0.39, 0.29) is 6.42 Å². The number of nitriles is 1. The first-order valence-corrected chi connectivity index (χ1v) is 6.64. The van der Waals surface area contributed by atoms with Gasteiger partial charge in [0, 0.05) is 24.5 Å². The zero-order valence-electron chi connectivity index (χ0n) is 10.5. The van der Waals surface area contributed by atoms with Gasteiger partial charge in [0.25, 0.3) is 0 Å². The number of halogens is 1. The third kappa shape index (κ3) is 3.39. The second-order valence-corrected chi connectivity index (χ2v) is 5.24. The van der Waals surface area contributed by atoms with Gasteiger partial charge in [-0.3, -0.25) is 4.79 Å². The second-order valence-electron chi connectivity index (χ2n) is 4.81. The van der Waals surface area contributed by atoms with E-state index < -0.39 is 5.97 Å². The molecule has 0 saturated carbocycles. The molecule has 1 heterocycles. The number of nitrogens with zero attached hydrogens (tertiary/aromatic N) is 2. The number of carbonyl (C=O) groups is 1. The zero-order chi connectivity index (χ0) is 13.8. The molecule has 1 unspecified atom stereocenters. The van der Waals surface area contributed by atoms with Gasteiger partial charge < -0.3 is 10.0 Å². The number of benzene rings is 1. The predicted molar refractivity (Wildman–Crippen MR) is 73.4 cm³/mol. The van der Waals surface area contributed by atoms with Crippen molar-refractivity contribution in [3.05, 3.63) is 28.8 Å². The van der Waals surface area contributed by atoms with Crippen LogP contribution in [-0.4, -0.2) is 24.2 Å². The Bertz CT molecular complexity index is 525. The van der Waals surface area contributed by atoms with E-state index in [9.17, 15) is 4.79 Å². The van der Waals surface area contributed by atoms with Crippen molar-refractivity contribution in [2.24, 2.45) is 5.92 Å². The summed E-state index contributed by atoms with van der Waals surface area (Å²) in [4.78, 5) is 12.7. The zero-order valence-corrected chi connectivity index (χ0v) is 11.2. The average Bonchev–Trinajstić information content (AvgIpc) is 2.84. The van der Waals surface area contributed by atoms with Crippen LogP contribution in [0.15, 0.2) is 18.2 Å². The topological polar surface area (TPSA) is 64.3 Å². The van der Waals surface area contributed by atoms with E-state index in [0.717, 1.165) is 25.2 Å². The maximum absolute atomic E-state index is 10.6. The van der Waals surface area contributed by atoms with E-state index in [0.29, 0.717) is 22.9 Å². The Kier molecular flexibility index (Phi) is 4.28. The normalized spacial score (nSPS) is 18.3. The third-order valence-electron chi connectivity index (χ3n) is 3.47. The van der Waals surface area contributed by atoms with Gasteiger partial charge in [0.2, 0.25) is 0 Å². The van der Waals surface area contributed by atoms with Crippen molar-refractivity contribution in [3.8, 4) is 6.07 Å². The lowest BCUT2D eigenvalue weighted by Crippen LogP contribution is -2.20. The fraction of sp³-hybridized carbons (Fsp3) is 0.429. The molecule has 100 valence electrons. The van der Waals surface area contributed by atoms with Crippen molar-refractivity contribution in [1.29, 1.82) is 5.26 Å². The highest BCUT2D eigenvalue weighted by Crippen LogP contribution is 2.30. The molecule has 0 amide bonds. The van der Waals surface area contributed by atoms with Gasteiger partial charge in [0.1, 0.15) is 6.07 Å². The van der Waals surface area contributed by atoms with Crippen LogP contribution in [0.4, 0.5) is 5.69 Å². The Labute approximate surface area is 117 Å². The van der Waals surface area contributed by atoms with Gasteiger partial charge in [-0.25, -0.2) is 0 Å². The molecule has 1 aromatic carbocycles. The number of carboxylic acids is 1. The van der Waals surface area contributed by atoms with E-state index in [1.807, 2.05) is 6.07 Å². The van der Waals surface area contributed by atoms with Gasteiger partial charge in [-0.05, 0) is 37.0 Å². The first-order valence-electron chi connectivity index (χ1n) is 6.26. The van der Waals surface area contributed by atoms with Gasteiger partial charge >= 0.3 is 5.97 Å². The molecule has 19 heavy (non-hydrogen) atoms. The van der Waals surface area contributed by atoms with Crippen molar-refractivity contribution in [3.63, 3.8) is 0 Å². The van der Waals surface area contributed by atoms with E-state index in [4.69, 9.17) is 22.0 Å². The molecule has 0 spiro atoms. The van der Waals surface area contributed by atoms with Crippen LogP contribution in [-0.2, 0) is 4.79 Å². The Morgan fingerprint density at radius 3 is 3.05 bits per heavy atom.